The van der Waals surface area contributed by atoms with Crippen molar-refractivity contribution in [2.45, 2.75) is 30.3 Å². The molecule has 0 saturated heterocycles. The topological polar surface area (TPSA) is 29.3 Å². The molecule has 3 rings (SSSR count). The SMILES string of the molecule is CC(C)CNCc1c(Sc2ccccc2)nc2sccn12. The van der Waals surface area contributed by atoms with Crippen LogP contribution in [-0.4, -0.2) is 15.9 Å². The van der Waals surface area contributed by atoms with Crippen LogP contribution in [0.15, 0.2) is 51.8 Å². The molecule has 0 atom stereocenters. The highest BCUT2D eigenvalue weighted by Crippen LogP contribution is 2.31. The summed E-state index contributed by atoms with van der Waals surface area (Å²) >= 11 is 3.42. The largest absolute Gasteiger partial charge is 0.311 e. The average Bonchev–Trinajstić information content (AvgIpc) is 3.02. The molecule has 0 unspecified atom stereocenters. The Morgan fingerprint density at radius 1 is 1.29 bits per heavy atom. The molecule has 1 N–H and O–H groups in total. The Hall–Kier alpha value is -1.30. The van der Waals surface area contributed by atoms with Crippen LogP contribution in [0, 0.1) is 5.92 Å². The molecule has 5 heteroatoms. The highest BCUT2D eigenvalue weighted by Gasteiger charge is 2.14. The molecular weight excluding hydrogens is 298 g/mol. The molecule has 2 aromatic heterocycles. The second-order valence-electron chi connectivity index (χ2n) is 5.36. The number of aromatic nitrogens is 2. The lowest BCUT2D eigenvalue weighted by molar-refractivity contribution is 0.544. The van der Waals surface area contributed by atoms with E-state index in [2.05, 4.69) is 59.4 Å². The number of imidazole rings is 1. The molecule has 0 fully saturated rings. The second-order valence-corrected chi connectivity index (χ2v) is 7.29. The number of hydrogen-bond acceptors (Lipinski definition) is 4. The Balaban J connectivity index is 1.85. The minimum absolute atomic E-state index is 0.654. The van der Waals surface area contributed by atoms with Gasteiger partial charge in [0.05, 0.1) is 5.69 Å². The quantitative estimate of drug-likeness (QED) is 0.735. The van der Waals surface area contributed by atoms with E-state index in [0.717, 1.165) is 23.1 Å². The molecule has 0 aliphatic rings. The second kappa shape index (κ2) is 6.64. The fourth-order valence-electron chi connectivity index (χ4n) is 2.13. The van der Waals surface area contributed by atoms with E-state index in [4.69, 9.17) is 4.98 Å². The summed E-state index contributed by atoms with van der Waals surface area (Å²) in [7, 11) is 0. The van der Waals surface area contributed by atoms with Gasteiger partial charge in [-0.25, -0.2) is 4.98 Å². The van der Waals surface area contributed by atoms with Gasteiger partial charge in [0.1, 0.15) is 5.03 Å². The van der Waals surface area contributed by atoms with Crippen LogP contribution in [0.2, 0.25) is 0 Å². The highest BCUT2D eigenvalue weighted by atomic mass is 32.2. The Kier molecular flexibility index (Phi) is 4.63. The standard InChI is InChI=1S/C16H19N3S2/c1-12(2)10-17-11-14-15(18-16-19(14)8-9-20-16)21-13-6-4-3-5-7-13/h3-9,12,17H,10-11H2,1-2H3. The monoisotopic (exact) mass is 317 g/mol. The minimum Gasteiger partial charge on any atom is -0.311 e. The summed E-state index contributed by atoms with van der Waals surface area (Å²) in [5, 5.41) is 6.72. The van der Waals surface area contributed by atoms with E-state index in [9.17, 15) is 0 Å². The van der Waals surface area contributed by atoms with Crippen LogP contribution < -0.4 is 5.32 Å². The first kappa shape index (κ1) is 14.6. The Morgan fingerprint density at radius 3 is 2.86 bits per heavy atom. The van der Waals surface area contributed by atoms with Crippen LogP contribution >= 0.6 is 23.1 Å². The molecule has 0 bridgehead atoms. The minimum atomic E-state index is 0.654. The van der Waals surface area contributed by atoms with Crippen LogP contribution in [0.5, 0.6) is 0 Å². The van der Waals surface area contributed by atoms with Crippen molar-refractivity contribution in [2.75, 3.05) is 6.54 Å². The summed E-state index contributed by atoms with van der Waals surface area (Å²) in [5.41, 5.74) is 1.25. The zero-order valence-corrected chi connectivity index (χ0v) is 13.9. The van der Waals surface area contributed by atoms with Gasteiger partial charge in [-0.2, -0.15) is 0 Å². The molecular formula is C16H19N3S2. The summed E-state index contributed by atoms with van der Waals surface area (Å²) in [6, 6.07) is 10.4. The van der Waals surface area contributed by atoms with Crippen molar-refractivity contribution >= 4 is 28.1 Å². The van der Waals surface area contributed by atoms with Crippen molar-refractivity contribution in [3.8, 4) is 0 Å². The van der Waals surface area contributed by atoms with E-state index >= 15 is 0 Å². The van der Waals surface area contributed by atoms with Gasteiger partial charge in [0.15, 0.2) is 4.96 Å². The summed E-state index contributed by atoms with van der Waals surface area (Å²) in [5.74, 6) is 0.654. The van der Waals surface area contributed by atoms with Gasteiger partial charge < -0.3 is 5.32 Å². The first-order valence-corrected chi connectivity index (χ1v) is 8.81. The number of nitrogens with zero attached hydrogens (tertiary/aromatic N) is 2. The maximum Gasteiger partial charge on any atom is 0.194 e. The molecule has 3 aromatic rings. The Morgan fingerprint density at radius 2 is 2.10 bits per heavy atom. The third-order valence-corrected chi connectivity index (χ3v) is 4.91. The van der Waals surface area contributed by atoms with Crippen molar-refractivity contribution in [3.63, 3.8) is 0 Å². The molecule has 1 aromatic carbocycles. The molecule has 0 saturated carbocycles. The van der Waals surface area contributed by atoms with Crippen molar-refractivity contribution in [2.24, 2.45) is 5.92 Å². The highest BCUT2D eigenvalue weighted by molar-refractivity contribution is 7.99. The van der Waals surface area contributed by atoms with E-state index in [-0.39, 0.29) is 0 Å². The fraction of sp³-hybridized carbons (Fsp3) is 0.312. The van der Waals surface area contributed by atoms with Gasteiger partial charge >= 0.3 is 0 Å². The summed E-state index contributed by atoms with van der Waals surface area (Å²) < 4.78 is 2.20. The summed E-state index contributed by atoms with van der Waals surface area (Å²) in [4.78, 5) is 7.06. The summed E-state index contributed by atoms with van der Waals surface area (Å²) in [6.07, 6.45) is 2.11. The zero-order chi connectivity index (χ0) is 14.7. The lowest BCUT2D eigenvalue weighted by atomic mass is 10.2. The van der Waals surface area contributed by atoms with Crippen LogP contribution in [0.4, 0.5) is 0 Å². The number of fused-ring (bicyclic) bond motifs is 1. The molecule has 0 spiro atoms. The molecule has 0 radical (unpaired) electrons. The molecule has 3 nitrogen and oxygen atoms in total. The summed E-state index contributed by atoms with van der Waals surface area (Å²) in [6.45, 7) is 6.32. The number of hydrogen-bond donors (Lipinski definition) is 1. The van der Waals surface area contributed by atoms with E-state index in [1.807, 2.05) is 6.07 Å². The van der Waals surface area contributed by atoms with E-state index in [1.54, 1.807) is 23.1 Å². The van der Waals surface area contributed by atoms with E-state index in [0.29, 0.717) is 5.92 Å². The van der Waals surface area contributed by atoms with Crippen molar-refractivity contribution in [3.05, 3.63) is 47.6 Å². The number of thiazole rings is 1. The average molecular weight is 317 g/mol. The van der Waals surface area contributed by atoms with Crippen molar-refractivity contribution in [1.29, 1.82) is 0 Å². The lowest BCUT2D eigenvalue weighted by Crippen LogP contribution is -2.20. The number of rotatable bonds is 6. The molecule has 2 heterocycles. The van der Waals surface area contributed by atoms with Crippen LogP contribution in [0.3, 0.4) is 0 Å². The third-order valence-electron chi connectivity index (χ3n) is 3.13. The molecule has 110 valence electrons. The van der Waals surface area contributed by atoms with Crippen molar-refractivity contribution < 1.29 is 0 Å². The van der Waals surface area contributed by atoms with Gasteiger partial charge in [-0.15, -0.1) is 11.3 Å². The Labute approximate surface area is 133 Å². The molecule has 0 amide bonds. The maximum atomic E-state index is 4.77. The van der Waals surface area contributed by atoms with Crippen LogP contribution in [0.1, 0.15) is 19.5 Å². The van der Waals surface area contributed by atoms with Gasteiger partial charge in [0, 0.05) is 23.0 Å². The van der Waals surface area contributed by atoms with E-state index in [1.165, 1.54) is 10.6 Å². The first-order valence-electron chi connectivity index (χ1n) is 7.12. The van der Waals surface area contributed by atoms with Crippen LogP contribution in [-0.2, 0) is 6.54 Å². The predicted molar refractivity (Wildman–Crippen MR) is 90.2 cm³/mol. The molecule has 0 aliphatic carbocycles. The third kappa shape index (κ3) is 3.48. The fourth-order valence-corrected chi connectivity index (χ4v) is 3.86. The lowest BCUT2D eigenvalue weighted by Gasteiger charge is -2.08. The molecule has 21 heavy (non-hydrogen) atoms. The van der Waals surface area contributed by atoms with Gasteiger partial charge in [-0.1, -0.05) is 43.8 Å². The van der Waals surface area contributed by atoms with Gasteiger partial charge in [-0.3, -0.25) is 4.40 Å². The smallest absolute Gasteiger partial charge is 0.194 e. The first-order chi connectivity index (χ1) is 10.2. The van der Waals surface area contributed by atoms with Crippen LogP contribution in [0.25, 0.3) is 4.96 Å². The molecule has 0 aliphatic heterocycles. The van der Waals surface area contributed by atoms with Gasteiger partial charge in [0.2, 0.25) is 0 Å². The number of nitrogens with one attached hydrogen (secondary N) is 1. The van der Waals surface area contributed by atoms with Crippen molar-refractivity contribution in [1.82, 2.24) is 14.7 Å². The van der Waals surface area contributed by atoms with Gasteiger partial charge in [0.25, 0.3) is 0 Å². The maximum absolute atomic E-state index is 4.77. The Bertz CT molecular complexity index is 701. The zero-order valence-electron chi connectivity index (χ0n) is 12.2. The van der Waals surface area contributed by atoms with E-state index < -0.39 is 0 Å². The normalized spacial score (nSPS) is 11.6. The number of benzene rings is 1. The van der Waals surface area contributed by atoms with Gasteiger partial charge in [-0.05, 0) is 24.6 Å². The predicted octanol–water partition coefficient (Wildman–Crippen LogP) is 4.29.